The molecule has 0 radical (unpaired) electrons. The van der Waals surface area contributed by atoms with E-state index in [0.717, 1.165) is 0 Å². The van der Waals surface area contributed by atoms with Crippen LogP contribution in [-0.2, 0) is 0 Å². The standard InChI is InChI=1S/C17H25N/c1-13-12-17(10-6-3-7-11-17)18-14(2)16-9-5-4-8-15(13)16/h4-5,8-9,13-14,18H,3,6-7,10-12H2,1-2H3. The van der Waals surface area contributed by atoms with Crippen molar-refractivity contribution in [1.29, 1.82) is 0 Å². The van der Waals surface area contributed by atoms with Gasteiger partial charge < -0.3 is 5.32 Å². The molecule has 1 nitrogen and oxygen atoms in total. The van der Waals surface area contributed by atoms with Crippen LogP contribution in [0.1, 0.15) is 75.5 Å². The average Bonchev–Trinajstić information content (AvgIpc) is 2.48. The van der Waals surface area contributed by atoms with Crippen molar-refractivity contribution in [3.8, 4) is 0 Å². The third-order valence-electron chi connectivity index (χ3n) is 5.02. The second-order valence-electron chi connectivity index (χ2n) is 6.44. The Morgan fingerprint density at radius 3 is 2.39 bits per heavy atom. The molecule has 0 aromatic heterocycles. The molecule has 1 heterocycles. The van der Waals surface area contributed by atoms with Crippen molar-refractivity contribution in [2.24, 2.45) is 0 Å². The summed E-state index contributed by atoms with van der Waals surface area (Å²) in [4.78, 5) is 0. The van der Waals surface area contributed by atoms with E-state index in [9.17, 15) is 0 Å². The fourth-order valence-corrected chi connectivity index (χ4v) is 4.22. The number of benzene rings is 1. The molecule has 2 aliphatic rings. The summed E-state index contributed by atoms with van der Waals surface area (Å²) in [5, 5.41) is 3.98. The molecule has 18 heavy (non-hydrogen) atoms. The molecule has 1 aliphatic carbocycles. The molecule has 1 fully saturated rings. The smallest absolute Gasteiger partial charge is 0.0299 e. The van der Waals surface area contributed by atoms with Crippen LogP contribution in [0.5, 0.6) is 0 Å². The fraction of sp³-hybridized carbons (Fsp3) is 0.647. The summed E-state index contributed by atoms with van der Waals surface area (Å²) < 4.78 is 0. The Balaban J connectivity index is 1.95. The van der Waals surface area contributed by atoms with Crippen LogP contribution < -0.4 is 5.32 Å². The Labute approximate surface area is 111 Å². The number of hydrogen-bond acceptors (Lipinski definition) is 1. The van der Waals surface area contributed by atoms with Crippen molar-refractivity contribution < 1.29 is 0 Å². The molecule has 1 saturated carbocycles. The summed E-state index contributed by atoms with van der Waals surface area (Å²) in [6.45, 7) is 4.75. The zero-order chi connectivity index (χ0) is 12.6. The lowest BCUT2D eigenvalue weighted by atomic mass is 9.75. The zero-order valence-electron chi connectivity index (χ0n) is 11.7. The predicted molar refractivity (Wildman–Crippen MR) is 76.8 cm³/mol. The van der Waals surface area contributed by atoms with E-state index >= 15 is 0 Å². The van der Waals surface area contributed by atoms with Crippen molar-refractivity contribution in [3.63, 3.8) is 0 Å². The van der Waals surface area contributed by atoms with Crippen LogP contribution in [0.3, 0.4) is 0 Å². The van der Waals surface area contributed by atoms with E-state index in [2.05, 4.69) is 43.4 Å². The Morgan fingerprint density at radius 2 is 1.67 bits per heavy atom. The first-order valence-electron chi connectivity index (χ1n) is 7.57. The molecule has 0 bridgehead atoms. The zero-order valence-corrected chi connectivity index (χ0v) is 11.7. The van der Waals surface area contributed by atoms with Gasteiger partial charge in [-0.3, -0.25) is 0 Å². The van der Waals surface area contributed by atoms with Crippen molar-refractivity contribution in [3.05, 3.63) is 35.4 Å². The minimum Gasteiger partial charge on any atom is -0.305 e. The van der Waals surface area contributed by atoms with Crippen LogP contribution >= 0.6 is 0 Å². The molecular formula is C17H25N. The SMILES string of the molecule is CC1CC2(CCCCC2)NC(C)c2ccccc21. The summed E-state index contributed by atoms with van der Waals surface area (Å²) in [5.74, 6) is 0.691. The van der Waals surface area contributed by atoms with Crippen molar-refractivity contribution in [1.82, 2.24) is 5.32 Å². The van der Waals surface area contributed by atoms with Gasteiger partial charge in [-0.05, 0) is 43.2 Å². The quantitative estimate of drug-likeness (QED) is 0.705. The van der Waals surface area contributed by atoms with E-state index in [1.54, 1.807) is 5.56 Å². The van der Waals surface area contributed by atoms with Gasteiger partial charge >= 0.3 is 0 Å². The normalized spacial score (nSPS) is 30.8. The fourth-order valence-electron chi connectivity index (χ4n) is 4.22. The molecule has 1 heteroatoms. The highest BCUT2D eigenvalue weighted by Crippen LogP contribution is 2.42. The highest BCUT2D eigenvalue weighted by molar-refractivity contribution is 5.34. The largest absolute Gasteiger partial charge is 0.305 e. The van der Waals surface area contributed by atoms with Gasteiger partial charge in [0.2, 0.25) is 0 Å². The second-order valence-corrected chi connectivity index (χ2v) is 6.44. The Bertz CT molecular complexity index is 384. The molecule has 0 saturated heterocycles. The summed E-state index contributed by atoms with van der Waals surface area (Å²) >= 11 is 0. The molecule has 0 amide bonds. The minimum atomic E-state index is 0.413. The molecule has 1 aromatic rings. The van der Waals surface area contributed by atoms with Gasteiger partial charge in [-0.1, -0.05) is 50.5 Å². The first kappa shape index (κ1) is 12.2. The lowest BCUT2D eigenvalue weighted by molar-refractivity contribution is 0.195. The van der Waals surface area contributed by atoms with E-state index in [4.69, 9.17) is 0 Å². The molecule has 2 atom stereocenters. The van der Waals surface area contributed by atoms with Gasteiger partial charge in [0.25, 0.3) is 0 Å². The number of rotatable bonds is 0. The Morgan fingerprint density at radius 1 is 1.00 bits per heavy atom. The van der Waals surface area contributed by atoms with E-state index in [-0.39, 0.29) is 0 Å². The monoisotopic (exact) mass is 243 g/mol. The third kappa shape index (κ3) is 2.09. The van der Waals surface area contributed by atoms with E-state index in [1.165, 1.54) is 44.1 Å². The van der Waals surface area contributed by atoms with Gasteiger partial charge in [0.1, 0.15) is 0 Å². The van der Waals surface area contributed by atoms with Crippen LogP contribution in [0.25, 0.3) is 0 Å². The van der Waals surface area contributed by atoms with E-state index < -0.39 is 0 Å². The van der Waals surface area contributed by atoms with Gasteiger partial charge in [-0.15, -0.1) is 0 Å². The van der Waals surface area contributed by atoms with E-state index in [0.29, 0.717) is 17.5 Å². The molecular weight excluding hydrogens is 218 g/mol. The molecule has 1 aromatic carbocycles. The first-order chi connectivity index (χ1) is 8.70. The number of fused-ring (bicyclic) bond motifs is 1. The third-order valence-corrected chi connectivity index (χ3v) is 5.02. The van der Waals surface area contributed by atoms with Crippen LogP contribution in [0, 0.1) is 0 Å². The maximum Gasteiger partial charge on any atom is 0.0299 e. The van der Waals surface area contributed by atoms with E-state index in [1.807, 2.05) is 0 Å². The van der Waals surface area contributed by atoms with Crippen molar-refractivity contribution in [2.45, 2.75) is 69.9 Å². The Hall–Kier alpha value is -0.820. The van der Waals surface area contributed by atoms with Crippen LogP contribution in [0.2, 0.25) is 0 Å². The highest BCUT2D eigenvalue weighted by Gasteiger charge is 2.37. The molecule has 2 unspecified atom stereocenters. The van der Waals surface area contributed by atoms with Crippen LogP contribution in [0.15, 0.2) is 24.3 Å². The lowest BCUT2D eigenvalue weighted by Gasteiger charge is -2.40. The van der Waals surface area contributed by atoms with Gasteiger partial charge in [0.05, 0.1) is 0 Å². The van der Waals surface area contributed by atoms with Gasteiger partial charge in [0.15, 0.2) is 0 Å². The summed E-state index contributed by atoms with van der Waals surface area (Å²) in [7, 11) is 0. The summed E-state index contributed by atoms with van der Waals surface area (Å²) in [5.41, 5.74) is 3.50. The van der Waals surface area contributed by atoms with Gasteiger partial charge in [-0.2, -0.15) is 0 Å². The van der Waals surface area contributed by atoms with Crippen molar-refractivity contribution >= 4 is 0 Å². The molecule has 1 spiro atoms. The molecule has 1 N–H and O–H groups in total. The van der Waals surface area contributed by atoms with Gasteiger partial charge in [-0.25, -0.2) is 0 Å². The number of nitrogens with one attached hydrogen (secondary N) is 1. The lowest BCUT2D eigenvalue weighted by Crippen LogP contribution is -2.47. The number of hydrogen-bond donors (Lipinski definition) is 1. The maximum atomic E-state index is 3.98. The predicted octanol–water partition coefficient (Wildman–Crippen LogP) is 4.55. The minimum absolute atomic E-state index is 0.413. The summed E-state index contributed by atoms with van der Waals surface area (Å²) in [6.07, 6.45) is 8.30. The molecule has 1 aliphatic heterocycles. The Kier molecular flexibility index (Phi) is 3.19. The first-order valence-corrected chi connectivity index (χ1v) is 7.57. The molecule has 98 valence electrons. The van der Waals surface area contributed by atoms with Crippen molar-refractivity contribution in [2.75, 3.05) is 0 Å². The average molecular weight is 243 g/mol. The molecule has 3 rings (SSSR count). The van der Waals surface area contributed by atoms with Crippen LogP contribution in [0.4, 0.5) is 0 Å². The topological polar surface area (TPSA) is 12.0 Å². The van der Waals surface area contributed by atoms with Gasteiger partial charge in [0, 0.05) is 11.6 Å². The summed E-state index contributed by atoms with van der Waals surface area (Å²) in [6, 6.07) is 9.53. The van der Waals surface area contributed by atoms with Crippen LogP contribution in [-0.4, -0.2) is 5.54 Å². The highest BCUT2D eigenvalue weighted by atomic mass is 15.0. The second kappa shape index (κ2) is 4.70. The maximum absolute atomic E-state index is 3.98.